The number of ether oxygens (including phenoxy) is 2. The summed E-state index contributed by atoms with van der Waals surface area (Å²) in [5, 5.41) is -0.0591. The summed E-state index contributed by atoms with van der Waals surface area (Å²) in [5.41, 5.74) is 3.32. The largest absolute Gasteiger partial charge is 0.490 e. The van der Waals surface area contributed by atoms with Crippen molar-refractivity contribution in [1.82, 2.24) is 4.72 Å². The smallest absolute Gasteiger partial charge is 0.264 e. The van der Waals surface area contributed by atoms with Gasteiger partial charge in [0.15, 0.2) is 0 Å². The molecule has 4 aliphatic rings. The van der Waals surface area contributed by atoms with Crippen molar-refractivity contribution in [2.75, 3.05) is 38.3 Å². The number of amides is 1. The van der Waals surface area contributed by atoms with Gasteiger partial charge in [-0.1, -0.05) is 31.0 Å². The van der Waals surface area contributed by atoms with E-state index in [1.807, 2.05) is 13.0 Å². The summed E-state index contributed by atoms with van der Waals surface area (Å²) < 4.78 is 41.5. The lowest BCUT2D eigenvalue weighted by Crippen LogP contribution is -2.49. The van der Waals surface area contributed by atoms with Crippen molar-refractivity contribution in [3.63, 3.8) is 0 Å². The molecule has 1 N–H and O–H groups in total. The minimum Gasteiger partial charge on any atom is -0.490 e. The van der Waals surface area contributed by atoms with Gasteiger partial charge < -0.3 is 19.2 Å². The van der Waals surface area contributed by atoms with E-state index in [2.05, 4.69) is 21.8 Å². The minimum atomic E-state index is -4.00. The van der Waals surface area contributed by atoms with E-state index in [9.17, 15) is 18.0 Å². The van der Waals surface area contributed by atoms with E-state index in [0.29, 0.717) is 31.2 Å². The number of anilines is 1. The fourth-order valence-electron chi connectivity index (χ4n) is 8.41. The molecule has 6 atom stereocenters. The Balaban J connectivity index is 1.41. The van der Waals surface area contributed by atoms with E-state index in [1.54, 1.807) is 25.3 Å². The van der Waals surface area contributed by atoms with Gasteiger partial charge in [0, 0.05) is 48.7 Å². The number of halogens is 1. The maximum atomic E-state index is 13.6. The average molecular weight is 657 g/mol. The van der Waals surface area contributed by atoms with Crippen LogP contribution >= 0.6 is 11.6 Å². The van der Waals surface area contributed by atoms with E-state index >= 15 is 0 Å². The lowest BCUT2D eigenvalue weighted by molar-refractivity contribution is -0.115. The summed E-state index contributed by atoms with van der Waals surface area (Å²) >= 11 is 6.41. The van der Waals surface area contributed by atoms with Crippen LogP contribution in [0, 0.1) is 23.7 Å². The first-order valence-electron chi connectivity index (χ1n) is 16.4. The Kier molecular flexibility index (Phi) is 9.51. The van der Waals surface area contributed by atoms with E-state index in [-0.39, 0.29) is 41.8 Å². The van der Waals surface area contributed by atoms with Crippen LogP contribution in [-0.4, -0.2) is 59.3 Å². The number of hydrogen-bond donors (Lipinski definition) is 1. The predicted octanol–water partition coefficient (Wildman–Crippen LogP) is 5.94. The molecule has 2 aliphatic heterocycles. The molecule has 2 aromatic rings. The molecule has 1 spiro atoms. The highest BCUT2D eigenvalue weighted by Crippen LogP contribution is 2.47. The second-order valence-corrected chi connectivity index (χ2v) is 16.1. The fourth-order valence-corrected chi connectivity index (χ4v) is 10.3. The first kappa shape index (κ1) is 32.3. The summed E-state index contributed by atoms with van der Waals surface area (Å²) in [6.45, 7) is 4.13. The normalized spacial score (nSPS) is 31.4. The molecule has 244 valence electrons. The monoisotopic (exact) mass is 656 g/mol. The van der Waals surface area contributed by atoms with Gasteiger partial charge in [0.25, 0.3) is 5.91 Å². The molecular formula is C35H45ClN2O6S. The third-order valence-electron chi connectivity index (χ3n) is 11.0. The van der Waals surface area contributed by atoms with Crippen LogP contribution in [-0.2, 0) is 31.4 Å². The van der Waals surface area contributed by atoms with Gasteiger partial charge in [0.1, 0.15) is 12.0 Å². The van der Waals surface area contributed by atoms with Gasteiger partial charge in [0.2, 0.25) is 10.0 Å². The first-order chi connectivity index (χ1) is 21.6. The number of fused-ring (bicyclic) bond motifs is 4. The zero-order valence-electron chi connectivity index (χ0n) is 26.3. The second-order valence-electron chi connectivity index (χ2n) is 13.8. The van der Waals surface area contributed by atoms with Crippen LogP contribution in [0.5, 0.6) is 5.75 Å². The lowest BCUT2D eigenvalue weighted by Gasteiger charge is -2.46. The summed E-state index contributed by atoms with van der Waals surface area (Å²) in [4.78, 5) is 28.4. The molecule has 45 heavy (non-hydrogen) atoms. The van der Waals surface area contributed by atoms with Crippen LogP contribution in [0.2, 0.25) is 5.02 Å². The molecule has 1 amide bonds. The maximum Gasteiger partial charge on any atom is 0.264 e. The molecule has 0 aromatic heterocycles. The Morgan fingerprint density at radius 1 is 1.13 bits per heavy atom. The minimum absolute atomic E-state index is 0.0573. The summed E-state index contributed by atoms with van der Waals surface area (Å²) in [6, 6.07) is 11.4. The van der Waals surface area contributed by atoms with Crippen LogP contribution < -0.4 is 14.4 Å². The number of rotatable bonds is 4. The van der Waals surface area contributed by atoms with Crippen molar-refractivity contribution < 1.29 is 27.5 Å². The Morgan fingerprint density at radius 3 is 2.73 bits per heavy atom. The predicted molar refractivity (Wildman–Crippen MR) is 176 cm³/mol. The lowest BCUT2D eigenvalue weighted by atomic mass is 9.65. The van der Waals surface area contributed by atoms with Crippen molar-refractivity contribution >= 4 is 39.5 Å². The number of nitrogens with one attached hydrogen (secondary N) is 1. The van der Waals surface area contributed by atoms with Crippen LogP contribution in [0.25, 0.3) is 0 Å². The molecular weight excluding hydrogens is 612 g/mol. The standard InChI is InChI=1S/C35H45ClN2O6S/c1-23-5-3-6-27(20-39)29-11-8-26(29)19-38-21-35(15-4-7-24-17-28(36)10-12-30(24)35)22-44-32-13-9-25(18-31(32)38)34(40)37-45(41,42)33(23)14-16-43-2/h9-10,12-13,17-18,20,23,26-27,29,33H,3-8,11,14-16,19,21-22H2,1-2H3,(H,37,40)/t23-,26-,27?,29+,33+,35-/m0/s1. The van der Waals surface area contributed by atoms with Gasteiger partial charge in [-0.3, -0.25) is 4.79 Å². The molecule has 6 rings (SSSR count). The Labute approximate surface area is 272 Å². The number of carbonyl (C=O) groups is 2. The summed E-state index contributed by atoms with van der Waals surface area (Å²) in [7, 11) is -2.46. The van der Waals surface area contributed by atoms with Crippen molar-refractivity contribution in [3.8, 4) is 5.75 Å². The van der Waals surface area contributed by atoms with Gasteiger partial charge >= 0.3 is 0 Å². The highest BCUT2D eigenvalue weighted by atomic mass is 35.5. The van der Waals surface area contributed by atoms with Crippen molar-refractivity contribution in [1.29, 1.82) is 0 Å². The van der Waals surface area contributed by atoms with Crippen LogP contribution in [0.15, 0.2) is 36.4 Å². The number of aldehydes is 1. The molecule has 0 radical (unpaired) electrons. The first-order valence-corrected chi connectivity index (χ1v) is 18.4. The molecule has 10 heteroatoms. The number of methoxy groups -OCH3 is 1. The number of nitrogens with zero attached hydrogens (tertiary/aromatic N) is 1. The molecule has 2 aliphatic carbocycles. The van der Waals surface area contributed by atoms with Gasteiger partial charge in [-0.05, 0) is 111 Å². The highest BCUT2D eigenvalue weighted by Gasteiger charge is 2.45. The number of sulfonamides is 1. The molecule has 2 heterocycles. The maximum absolute atomic E-state index is 13.6. The Morgan fingerprint density at radius 2 is 1.98 bits per heavy atom. The van der Waals surface area contributed by atoms with E-state index < -0.39 is 21.2 Å². The molecule has 0 saturated heterocycles. The van der Waals surface area contributed by atoms with Gasteiger partial charge in [-0.2, -0.15) is 0 Å². The molecule has 1 saturated carbocycles. The van der Waals surface area contributed by atoms with Crippen molar-refractivity contribution in [3.05, 3.63) is 58.1 Å². The fraction of sp³-hybridized carbons (Fsp3) is 0.600. The zero-order valence-corrected chi connectivity index (χ0v) is 27.9. The molecule has 2 aromatic carbocycles. The SMILES string of the molecule is COCC[C@@H]1[C@@H](C)CCCC(C=O)[C@@H]2CC[C@H]2CN2C[C@@]3(CCCc4cc(Cl)ccc43)COc3ccc(cc32)C(=O)NS1(=O)=O. The second kappa shape index (κ2) is 13.2. The number of benzene rings is 2. The molecule has 2 bridgehead atoms. The van der Waals surface area contributed by atoms with Crippen molar-refractivity contribution in [2.45, 2.75) is 75.4 Å². The van der Waals surface area contributed by atoms with Gasteiger partial charge in [-0.25, -0.2) is 13.1 Å². The number of carbonyl (C=O) groups excluding carboxylic acids is 2. The van der Waals surface area contributed by atoms with E-state index in [1.165, 1.54) is 11.1 Å². The van der Waals surface area contributed by atoms with E-state index in [0.717, 1.165) is 68.5 Å². The third kappa shape index (κ3) is 6.50. The highest BCUT2D eigenvalue weighted by molar-refractivity contribution is 7.90. The van der Waals surface area contributed by atoms with Gasteiger partial charge in [0.05, 0.1) is 17.5 Å². The quantitative estimate of drug-likeness (QED) is 0.407. The topological polar surface area (TPSA) is 102 Å². The molecule has 1 fully saturated rings. The third-order valence-corrected chi connectivity index (χ3v) is 13.2. The average Bonchev–Trinajstić information content (AvgIpc) is 3.14. The molecule has 1 unspecified atom stereocenters. The van der Waals surface area contributed by atoms with Crippen molar-refractivity contribution in [2.24, 2.45) is 23.7 Å². The molecule has 8 nitrogen and oxygen atoms in total. The van der Waals surface area contributed by atoms with Crippen LogP contribution in [0.3, 0.4) is 0 Å². The zero-order chi connectivity index (χ0) is 31.8. The van der Waals surface area contributed by atoms with Gasteiger partial charge in [-0.15, -0.1) is 0 Å². The Hall–Kier alpha value is -2.62. The summed E-state index contributed by atoms with van der Waals surface area (Å²) in [6.07, 6.45) is 8.57. The van der Waals surface area contributed by atoms with Crippen LogP contribution in [0.1, 0.15) is 79.8 Å². The Bertz CT molecular complexity index is 1530. The summed E-state index contributed by atoms with van der Waals surface area (Å²) in [5.74, 6) is 0.406. The number of aryl methyl sites for hydroxylation is 1. The van der Waals surface area contributed by atoms with E-state index in [4.69, 9.17) is 21.1 Å². The number of hydrogen-bond acceptors (Lipinski definition) is 7. The van der Waals surface area contributed by atoms with Crippen LogP contribution in [0.4, 0.5) is 5.69 Å².